The molecule has 0 atom stereocenters. The smallest absolute Gasteiger partial charge is 0.255 e. The fraction of sp³-hybridized carbons (Fsp3) is 0.316. The number of amides is 1. The lowest BCUT2D eigenvalue weighted by Crippen LogP contribution is -2.14. The Bertz CT molecular complexity index is 706. The molecule has 1 amide bonds. The van der Waals surface area contributed by atoms with Crippen LogP contribution in [0.5, 0.6) is 17.2 Å². The van der Waals surface area contributed by atoms with Gasteiger partial charge in [-0.3, -0.25) is 4.79 Å². The Hall–Kier alpha value is -2.73. The van der Waals surface area contributed by atoms with E-state index in [1.54, 1.807) is 12.1 Å². The third kappa shape index (κ3) is 4.64. The molecule has 0 heterocycles. The van der Waals surface area contributed by atoms with Crippen LogP contribution in [0.1, 0.15) is 22.8 Å². The van der Waals surface area contributed by atoms with Crippen LogP contribution in [0, 0.1) is 0 Å². The number of methoxy groups -OCH3 is 3. The van der Waals surface area contributed by atoms with E-state index in [1.807, 2.05) is 24.3 Å². The fourth-order valence-corrected chi connectivity index (χ4v) is 2.44. The van der Waals surface area contributed by atoms with Crippen LogP contribution >= 0.6 is 0 Å². The van der Waals surface area contributed by atoms with E-state index in [0.29, 0.717) is 22.8 Å². The van der Waals surface area contributed by atoms with Crippen LogP contribution in [0.25, 0.3) is 0 Å². The van der Waals surface area contributed by atoms with Crippen molar-refractivity contribution in [2.24, 2.45) is 0 Å². The maximum Gasteiger partial charge on any atom is 0.255 e. The molecular weight excluding hydrogens is 320 g/mol. The standard InChI is InChI=1S/C19H24N2O4/c1-5-20-12-13-7-6-8-15(9-13)21-19(22)14-10-16(23-2)18(25-4)17(11-14)24-3/h6-11,20H,5,12H2,1-4H3,(H,21,22). The van der Waals surface area contributed by atoms with Crippen molar-refractivity contribution in [1.29, 1.82) is 0 Å². The maximum atomic E-state index is 12.6. The lowest BCUT2D eigenvalue weighted by molar-refractivity contribution is 0.102. The number of hydrogen-bond donors (Lipinski definition) is 2. The topological polar surface area (TPSA) is 68.8 Å². The van der Waals surface area contributed by atoms with Crippen LogP contribution in [-0.4, -0.2) is 33.8 Å². The first-order chi connectivity index (χ1) is 12.1. The van der Waals surface area contributed by atoms with Gasteiger partial charge in [0.2, 0.25) is 5.75 Å². The molecule has 0 bridgehead atoms. The van der Waals surface area contributed by atoms with Crippen molar-refractivity contribution in [3.63, 3.8) is 0 Å². The summed E-state index contributed by atoms with van der Waals surface area (Å²) in [5.74, 6) is 1.08. The second-order valence-electron chi connectivity index (χ2n) is 5.35. The summed E-state index contributed by atoms with van der Waals surface area (Å²) in [6.07, 6.45) is 0. The second-order valence-corrected chi connectivity index (χ2v) is 5.35. The second kappa shape index (κ2) is 8.94. The zero-order valence-electron chi connectivity index (χ0n) is 15.0. The van der Waals surface area contributed by atoms with Crippen LogP contribution in [0.2, 0.25) is 0 Å². The summed E-state index contributed by atoms with van der Waals surface area (Å²) in [5.41, 5.74) is 2.25. The number of rotatable bonds is 8. The number of carbonyl (C=O) groups excluding carboxylic acids is 1. The SMILES string of the molecule is CCNCc1cccc(NC(=O)c2cc(OC)c(OC)c(OC)c2)c1. The zero-order chi connectivity index (χ0) is 18.2. The maximum absolute atomic E-state index is 12.6. The molecule has 2 aromatic carbocycles. The summed E-state index contributed by atoms with van der Waals surface area (Å²) in [5, 5.41) is 6.16. The highest BCUT2D eigenvalue weighted by atomic mass is 16.5. The minimum Gasteiger partial charge on any atom is -0.493 e. The molecule has 2 N–H and O–H groups in total. The summed E-state index contributed by atoms with van der Waals surface area (Å²) < 4.78 is 15.9. The van der Waals surface area contributed by atoms with E-state index < -0.39 is 0 Å². The summed E-state index contributed by atoms with van der Waals surface area (Å²) >= 11 is 0. The Labute approximate surface area is 148 Å². The summed E-state index contributed by atoms with van der Waals surface area (Å²) in [6.45, 7) is 3.70. The van der Waals surface area contributed by atoms with E-state index in [-0.39, 0.29) is 5.91 Å². The molecule has 0 spiro atoms. The predicted molar refractivity (Wildman–Crippen MR) is 97.9 cm³/mol. The zero-order valence-corrected chi connectivity index (χ0v) is 15.0. The van der Waals surface area contributed by atoms with Gasteiger partial charge in [0.15, 0.2) is 11.5 Å². The highest BCUT2D eigenvalue weighted by Crippen LogP contribution is 2.38. The minimum absolute atomic E-state index is 0.250. The molecule has 134 valence electrons. The first-order valence-corrected chi connectivity index (χ1v) is 8.04. The monoisotopic (exact) mass is 344 g/mol. The Morgan fingerprint density at radius 1 is 1.00 bits per heavy atom. The number of benzene rings is 2. The van der Waals surface area contributed by atoms with Gasteiger partial charge in [0.25, 0.3) is 5.91 Å². The largest absolute Gasteiger partial charge is 0.493 e. The van der Waals surface area contributed by atoms with Crippen LogP contribution < -0.4 is 24.8 Å². The van der Waals surface area contributed by atoms with Gasteiger partial charge in [-0.2, -0.15) is 0 Å². The summed E-state index contributed by atoms with van der Waals surface area (Å²) in [6, 6.07) is 11.0. The summed E-state index contributed by atoms with van der Waals surface area (Å²) in [4.78, 5) is 12.6. The fourth-order valence-electron chi connectivity index (χ4n) is 2.44. The quantitative estimate of drug-likeness (QED) is 0.770. The van der Waals surface area contributed by atoms with Crippen molar-refractivity contribution in [1.82, 2.24) is 5.32 Å². The van der Waals surface area contributed by atoms with Gasteiger partial charge in [0.1, 0.15) is 0 Å². The molecule has 0 saturated heterocycles. The van der Waals surface area contributed by atoms with Crippen LogP contribution in [-0.2, 0) is 6.54 Å². The molecule has 0 radical (unpaired) electrons. The molecule has 0 unspecified atom stereocenters. The van der Waals surface area contributed by atoms with Gasteiger partial charge in [-0.05, 0) is 36.4 Å². The van der Waals surface area contributed by atoms with Crippen molar-refractivity contribution in [2.75, 3.05) is 33.2 Å². The lowest BCUT2D eigenvalue weighted by Gasteiger charge is -2.14. The van der Waals surface area contributed by atoms with Crippen molar-refractivity contribution in [3.05, 3.63) is 47.5 Å². The van der Waals surface area contributed by atoms with Crippen molar-refractivity contribution >= 4 is 11.6 Å². The number of hydrogen-bond acceptors (Lipinski definition) is 5. The molecule has 6 nitrogen and oxygen atoms in total. The molecule has 0 aliphatic carbocycles. The summed E-state index contributed by atoms with van der Waals surface area (Å²) in [7, 11) is 4.56. The van der Waals surface area contributed by atoms with Gasteiger partial charge in [-0.25, -0.2) is 0 Å². The lowest BCUT2D eigenvalue weighted by atomic mass is 10.1. The van der Waals surface area contributed by atoms with Gasteiger partial charge >= 0.3 is 0 Å². The van der Waals surface area contributed by atoms with Crippen molar-refractivity contribution in [2.45, 2.75) is 13.5 Å². The van der Waals surface area contributed by atoms with Crippen molar-refractivity contribution < 1.29 is 19.0 Å². The third-order valence-corrected chi connectivity index (χ3v) is 3.69. The van der Waals surface area contributed by atoms with Crippen LogP contribution in [0.4, 0.5) is 5.69 Å². The highest BCUT2D eigenvalue weighted by molar-refractivity contribution is 6.05. The molecule has 2 rings (SSSR count). The molecule has 0 fully saturated rings. The van der Waals surface area contributed by atoms with Crippen LogP contribution in [0.15, 0.2) is 36.4 Å². The molecule has 2 aromatic rings. The Morgan fingerprint density at radius 3 is 2.24 bits per heavy atom. The Kier molecular flexibility index (Phi) is 6.65. The van der Waals surface area contributed by atoms with E-state index in [4.69, 9.17) is 14.2 Å². The van der Waals surface area contributed by atoms with Gasteiger partial charge in [-0.15, -0.1) is 0 Å². The third-order valence-electron chi connectivity index (χ3n) is 3.69. The Morgan fingerprint density at radius 2 is 1.68 bits per heavy atom. The average Bonchev–Trinajstić information content (AvgIpc) is 2.65. The molecule has 0 saturated carbocycles. The first kappa shape index (κ1) is 18.6. The molecule has 0 aliphatic rings. The van der Waals surface area contributed by atoms with Gasteiger partial charge < -0.3 is 24.8 Å². The number of anilines is 1. The van der Waals surface area contributed by atoms with E-state index in [9.17, 15) is 4.79 Å². The molecule has 25 heavy (non-hydrogen) atoms. The van der Waals surface area contributed by atoms with Crippen LogP contribution in [0.3, 0.4) is 0 Å². The highest BCUT2D eigenvalue weighted by Gasteiger charge is 2.17. The molecular formula is C19H24N2O4. The van der Waals surface area contributed by atoms with Gasteiger partial charge in [-0.1, -0.05) is 19.1 Å². The first-order valence-electron chi connectivity index (χ1n) is 8.04. The van der Waals surface area contributed by atoms with Gasteiger partial charge in [0, 0.05) is 17.8 Å². The predicted octanol–water partition coefficient (Wildman–Crippen LogP) is 3.07. The number of ether oxygens (including phenoxy) is 3. The van der Waals surface area contributed by atoms with E-state index in [2.05, 4.69) is 17.6 Å². The molecule has 6 heteroatoms. The minimum atomic E-state index is -0.250. The van der Waals surface area contributed by atoms with Gasteiger partial charge in [0.05, 0.1) is 21.3 Å². The van der Waals surface area contributed by atoms with Crippen molar-refractivity contribution in [3.8, 4) is 17.2 Å². The van der Waals surface area contributed by atoms with E-state index >= 15 is 0 Å². The average molecular weight is 344 g/mol. The molecule has 0 aliphatic heterocycles. The van der Waals surface area contributed by atoms with E-state index in [0.717, 1.165) is 24.3 Å². The normalized spacial score (nSPS) is 10.2. The van der Waals surface area contributed by atoms with E-state index in [1.165, 1.54) is 21.3 Å². The number of nitrogens with one attached hydrogen (secondary N) is 2. The number of carbonyl (C=O) groups is 1. The Balaban J connectivity index is 2.23. The molecule has 0 aromatic heterocycles.